The van der Waals surface area contributed by atoms with Crippen molar-refractivity contribution in [3.05, 3.63) is 35.3 Å². The molecule has 0 amide bonds. The van der Waals surface area contributed by atoms with Gasteiger partial charge in [-0.15, -0.1) is 0 Å². The molecule has 21 heavy (non-hydrogen) atoms. The molecule has 1 aromatic rings. The number of nitrogens with zero attached hydrogens (tertiary/aromatic N) is 2. The molecule has 0 unspecified atom stereocenters. The van der Waals surface area contributed by atoms with E-state index in [0.29, 0.717) is 13.2 Å². The standard InChI is InChI=1S/C16H24FN3O/c1-3-6-18-10-14-9-15(17)11-19-16(14)20-7-4-13(5-8-20)12-21-2/h4,9,11,18H,3,5-8,10,12H2,1-2H3. The summed E-state index contributed by atoms with van der Waals surface area (Å²) in [4.78, 5) is 6.50. The fourth-order valence-corrected chi connectivity index (χ4v) is 2.51. The third kappa shape index (κ3) is 4.51. The Morgan fingerprint density at radius 3 is 3.00 bits per heavy atom. The molecule has 2 heterocycles. The van der Waals surface area contributed by atoms with Crippen molar-refractivity contribution in [1.29, 1.82) is 0 Å². The Bertz CT molecular complexity index is 490. The second kappa shape index (κ2) is 8.10. The maximum absolute atomic E-state index is 13.4. The Labute approximate surface area is 126 Å². The van der Waals surface area contributed by atoms with E-state index in [1.807, 2.05) is 0 Å². The van der Waals surface area contributed by atoms with Crippen molar-refractivity contribution in [2.75, 3.05) is 38.3 Å². The van der Waals surface area contributed by atoms with E-state index >= 15 is 0 Å². The molecule has 0 saturated carbocycles. The van der Waals surface area contributed by atoms with Gasteiger partial charge in [-0.05, 0) is 31.0 Å². The number of nitrogens with one attached hydrogen (secondary N) is 1. The van der Waals surface area contributed by atoms with E-state index in [-0.39, 0.29) is 5.82 Å². The number of rotatable bonds is 7. The number of anilines is 1. The van der Waals surface area contributed by atoms with E-state index in [9.17, 15) is 4.39 Å². The molecule has 1 aliphatic heterocycles. The monoisotopic (exact) mass is 293 g/mol. The second-order valence-corrected chi connectivity index (χ2v) is 5.30. The third-order valence-electron chi connectivity index (χ3n) is 3.58. The summed E-state index contributed by atoms with van der Waals surface area (Å²) in [6, 6.07) is 1.58. The highest BCUT2D eigenvalue weighted by molar-refractivity contribution is 5.48. The lowest BCUT2D eigenvalue weighted by atomic mass is 10.1. The van der Waals surface area contributed by atoms with Crippen molar-refractivity contribution in [3.63, 3.8) is 0 Å². The molecule has 0 fully saturated rings. The van der Waals surface area contributed by atoms with E-state index in [1.165, 1.54) is 11.8 Å². The zero-order valence-corrected chi connectivity index (χ0v) is 12.9. The fourth-order valence-electron chi connectivity index (χ4n) is 2.51. The Balaban J connectivity index is 2.08. The predicted octanol–water partition coefficient (Wildman–Crippen LogP) is 2.50. The molecule has 0 spiro atoms. The first-order valence-electron chi connectivity index (χ1n) is 7.51. The summed E-state index contributed by atoms with van der Waals surface area (Å²) in [5.74, 6) is 0.604. The van der Waals surface area contributed by atoms with Crippen LogP contribution in [0.4, 0.5) is 10.2 Å². The van der Waals surface area contributed by atoms with E-state index < -0.39 is 0 Å². The molecule has 0 aliphatic carbocycles. The maximum Gasteiger partial charge on any atom is 0.141 e. The minimum Gasteiger partial charge on any atom is -0.380 e. The molecular formula is C16H24FN3O. The Morgan fingerprint density at radius 2 is 2.33 bits per heavy atom. The van der Waals surface area contributed by atoms with Crippen LogP contribution in [0.3, 0.4) is 0 Å². The molecule has 1 aromatic heterocycles. The summed E-state index contributed by atoms with van der Waals surface area (Å²) in [5, 5.41) is 3.32. The lowest BCUT2D eigenvalue weighted by Gasteiger charge is -2.29. The summed E-state index contributed by atoms with van der Waals surface area (Å²) in [7, 11) is 1.71. The van der Waals surface area contributed by atoms with E-state index in [2.05, 4.69) is 28.2 Å². The quantitative estimate of drug-likeness (QED) is 0.619. The van der Waals surface area contributed by atoms with Gasteiger partial charge in [-0.1, -0.05) is 13.0 Å². The molecule has 0 atom stereocenters. The van der Waals surface area contributed by atoms with Crippen LogP contribution in [0.15, 0.2) is 23.9 Å². The number of halogens is 1. The SMILES string of the molecule is CCCNCc1cc(F)cnc1N1CC=C(COC)CC1. The molecule has 1 N–H and O–H groups in total. The van der Waals surface area contributed by atoms with Crippen molar-refractivity contribution >= 4 is 5.82 Å². The molecule has 4 nitrogen and oxygen atoms in total. The Hall–Kier alpha value is -1.46. The number of aromatic nitrogens is 1. The van der Waals surface area contributed by atoms with Gasteiger partial charge in [-0.3, -0.25) is 0 Å². The predicted molar refractivity (Wildman–Crippen MR) is 83.0 cm³/mol. The minimum atomic E-state index is -0.278. The van der Waals surface area contributed by atoms with Gasteiger partial charge < -0.3 is 15.0 Å². The van der Waals surface area contributed by atoms with Crippen LogP contribution in [0.5, 0.6) is 0 Å². The van der Waals surface area contributed by atoms with Crippen LogP contribution >= 0.6 is 0 Å². The zero-order valence-electron chi connectivity index (χ0n) is 12.9. The molecule has 0 radical (unpaired) electrons. The van der Waals surface area contributed by atoms with Gasteiger partial charge in [0.15, 0.2) is 0 Å². The average Bonchev–Trinajstić information content (AvgIpc) is 2.49. The normalized spacial score (nSPS) is 15.2. The molecule has 1 aliphatic rings. The van der Waals surface area contributed by atoms with Crippen LogP contribution in [-0.2, 0) is 11.3 Å². The molecule has 0 aromatic carbocycles. The number of methoxy groups -OCH3 is 1. The summed E-state index contributed by atoms with van der Waals surface area (Å²) in [6.45, 7) is 6.08. The van der Waals surface area contributed by atoms with Crippen LogP contribution in [0.1, 0.15) is 25.3 Å². The largest absolute Gasteiger partial charge is 0.380 e. The lowest BCUT2D eigenvalue weighted by molar-refractivity contribution is 0.222. The van der Waals surface area contributed by atoms with Gasteiger partial charge in [0, 0.05) is 32.3 Å². The van der Waals surface area contributed by atoms with Crippen molar-refractivity contribution in [2.24, 2.45) is 0 Å². The van der Waals surface area contributed by atoms with Gasteiger partial charge in [0.05, 0.1) is 12.8 Å². The van der Waals surface area contributed by atoms with Crippen LogP contribution in [0, 0.1) is 5.82 Å². The van der Waals surface area contributed by atoms with Crippen LogP contribution in [-0.4, -0.2) is 38.3 Å². The summed E-state index contributed by atoms with van der Waals surface area (Å²) in [5.41, 5.74) is 2.24. The van der Waals surface area contributed by atoms with E-state index in [4.69, 9.17) is 4.74 Å². The van der Waals surface area contributed by atoms with Crippen LogP contribution in [0.2, 0.25) is 0 Å². The Kier molecular flexibility index (Phi) is 6.14. The van der Waals surface area contributed by atoms with Gasteiger partial charge in [-0.2, -0.15) is 0 Å². The Morgan fingerprint density at radius 1 is 1.48 bits per heavy atom. The van der Waals surface area contributed by atoms with E-state index in [1.54, 1.807) is 13.2 Å². The molecule has 116 valence electrons. The minimum absolute atomic E-state index is 0.278. The molecule has 0 saturated heterocycles. The van der Waals surface area contributed by atoms with Crippen molar-refractivity contribution in [1.82, 2.24) is 10.3 Å². The third-order valence-corrected chi connectivity index (χ3v) is 3.58. The molecular weight excluding hydrogens is 269 g/mol. The van der Waals surface area contributed by atoms with Gasteiger partial charge in [0.1, 0.15) is 11.6 Å². The van der Waals surface area contributed by atoms with Crippen molar-refractivity contribution in [2.45, 2.75) is 26.3 Å². The van der Waals surface area contributed by atoms with Crippen molar-refractivity contribution < 1.29 is 9.13 Å². The highest BCUT2D eigenvalue weighted by Crippen LogP contribution is 2.22. The highest BCUT2D eigenvalue weighted by Gasteiger charge is 2.17. The second-order valence-electron chi connectivity index (χ2n) is 5.30. The molecule has 0 bridgehead atoms. The lowest BCUT2D eigenvalue weighted by Crippen LogP contribution is -2.31. The van der Waals surface area contributed by atoms with Crippen molar-refractivity contribution in [3.8, 4) is 0 Å². The first-order chi connectivity index (χ1) is 10.2. The maximum atomic E-state index is 13.4. The van der Waals surface area contributed by atoms with Gasteiger partial charge in [0.2, 0.25) is 0 Å². The number of hydrogen-bond donors (Lipinski definition) is 1. The topological polar surface area (TPSA) is 37.4 Å². The highest BCUT2D eigenvalue weighted by atomic mass is 19.1. The number of ether oxygens (including phenoxy) is 1. The molecule has 2 rings (SSSR count). The fraction of sp³-hybridized carbons (Fsp3) is 0.562. The summed E-state index contributed by atoms with van der Waals surface area (Å²) < 4.78 is 18.6. The van der Waals surface area contributed by atoms with Gasteiger partial charge in [-0.25, -0.2) is 9.37 Å². The summed E-state index contributed by atoms with van der Waals surface area (Å²) in [6.07, 6.45) is 5.51. The zero-order chi connectivity index (χ0) is 15.1. The summed E-state index contributed by atoms with van der Waals surface area (Å²) >= 11 is 0. The molecule has 5 heteroatoms. The van der Waals surface area contributed by atoms with Gasteiger partial charge in [0.25, 0.3) is 0 Å². The number of pyridine rings is 1. The van der Waals surface area contributed by atoms with Crippen LogP contribution < -0.4 is 10.2 Å². The number of hydrogen-bond acceptors (Lipinski definition) is 4. The van der Waals surface area contributed by atoms with Gasteiger partial charge >= 0.3 is 0 Å². The smallest absolute Gasteiger partial charge is 0.141 e. The first-order valence-corrected chi connectivity index (χ1v) is 7.51. The van der Waals surface area contributed by atoms with Crippen LogP contribution in [0.25, 0.3) is 0 Å². The van der Waals surface area contributed by atoms with E-state index in [0.717, 1.165) is 43.9 Å². The first kappa shape index (κ1) is 15.9. The average molecular weight is 293 g/mol.